The standard InChI is InChI=1S/C11H14N2/c1-8-7-11(9(2)12)13-6-4-3-5-10(8)13/h3-7,9H,12H2,1-2H3. The monoisotopic (exact) mass is 174 g/mol. The number of pyridine rings is 1. The lowest BCUT2D eigenvalue weighted by Gasteiger charge is -2.04. The summed E-state index contributed by atoms with van der Waals surface area (Å²) in [5.74, 6) is 0. The lowest BCUT2D eigenvalue weighted by atomic mass is 10.2. The molecular weight excluding hydrogens is 160 g/mol. The van der Waals surface area contributed by atoms with Gasteiger partial charge in [0.1, 0.15) is 0 Å². The second-order valence-corrected chi connectivity index (χ2v) is 3.50. The van der Waals surface area contributed by atoms with Crippen LogP contribution in [0.1, 0.15) is 24.2 Å². The molecule has 2 N–H and O–H groups in total. The second-order valence-electron chi connectivity index (χ2n) is 3.50. The number of nitrogens with zero attached hydrogens (tertiary/aromatic N) is 1. The van der Waals surface area contributed by atoms with Gasteiger partial charge in [-0.3, -0.25) is 0 Å². The lowest BCUT2D eigenvalue weighted by Crippen LogP contribution is -2.07. The zero-order valence-corrected chi connectivity index (χ0v) is 7.99. The fourth-order valence-electron chi connectivity index (χ4n) is 1.71. The molecule has 0 spiro atoms. The van der Waals surface area contributed by atoms with Crippen LogP contribution in [0, 0.1) is 6.92 Å². The molecule has 1 unspecified atom stereocenters. The van der Waals surface area contributed by atoms with E-state index in [0.29, 0.717) is 0 Å². The third-order valence-electron chi connectivity index (χ3n) is 2.37. The SMILES string of the molecule is Cc1cc(C(C)N)n2ccccc12. The highest BCUT2D eigenvalue weighted by molar-refractivity contribution is 5.57. The van der Waals surface area contributed by atoms with Gasteiger partial charge in [-0.05, 0) is 37.6 Å². The zero-order chi connectivity index (χ0) is 9.42. The van der Waals surface area contributed by atoms with Gasteiger partial charge in [0.15, 0.2) is 0 Å². The van der Waals surface area contributed by atoms with Crippen molar-refractivity contribution in [2.75, 3.05) is 0 Å². The average Bonchev–Trinajstić information content (AvgIpc) is 2.45. The maximum atomic E-state index is 5.87. The van der Waals surface area contributed by atoms with Crippen LogP contribution < -0.4 is 5.73 Å². The Morgan fingerprint density at radius 2 is 2.15 bits per heavy atom. The average molecular weight is 174 g/mol. The first-order valence-electron chi connectivity index (χ1n) is 4.52. The number of fused-ring (bicyclic) bond motifs is 1. The molecule has 0 aliphatic heterocycles. The molecule has 0 saturated heterocycles. The van der Waals surface area contributed by atoms with Gasteiger partial charge in [-0.1, -0.05) is 6.07 Å². The van der Waals surface area contributed by atoms with Gasteiger partial charge >= 0.3 is 0 Å². The molecule has 2 aromatic heterocycles. The molecule has 0 fully saturated rings. The quantitative estimate of drug-likeness (QED) is 0.706. The van der Waals surface area contributed by atoms with Crippen molar-refractivity contribution in [3.63, 3.8) is 0 Å². The maximum Gasteiger partial charge on any atom is 0.0482 e. The third kappa shape index (κ3) is 1.23. The number of rotatable bonds is 1. The molecule has 2 heterocycles. The Morgan fingerprint density at radius 1 is 1.38 bits per heavy atom. The number of nitrogens with two attached hydrogens (primary N) is 1. The van der Waals surface area contributed by atoms with E-state index in [-0.39, 0.29) is 6.04 Å². The third-order valence-corrected chi connectivity index (χ3v) is 2.37. The normalized spacial score (nSPS) is 13.5. The molecule has 0 aromatic carbocycles. The Kier molecular flexibility index (Phi) is 1.85. The van der Waals surface area contributed by atoms with E-state index in [0.717, 1.165) is 0 Å². The summed E-state index contributed by atoms with van der Waals surface area (Å²) < 4.78 is 2.15. The van der Waals surface area contributed by atoms with Gasteiger partial charge in [0, 0.05) is 23.4 Å². The molecule has 0 saturated carbocycles. The van der Waals surface area contributed by atoms with E-state index in [1.165, 1.54) is 16.8 Å². The Bertz CT molecular complexity index is 427. The van der Waals surface area contributed by atoms with Crippen LogP contribution in [-0.4, -0.2) is 4.40 Å². The molecular formula is C11H14N2. The summed E-state index contributed by atoms with van der Waals surface area (Å²) in [4.78, 5) is 0. The van der Waals surface area contributed by atoms with Gasteiger partial charge in [-0.25, -0.2) is 0 Å². The smallest absolute Gasteiger partial charge is 0.0482 e. The molecule has 0 radical (unpaired) electrons. The van der Waals surface area contributed by atoms with Crippen LogP contribution in [0.25, 0.3) is 5.52 Å². The molecule has 68 valence electrons. The first-order valence-corrected chi connectivity index (χ1v) is 4.52. The summed E-state index contributed by atoms with van der Waals surface area (Å²) in [5.41, 5.74) is 9.58. The Hall–Kier alpha value is -1.28. The number of hydrogen-bond donors (Lipinski definition) is 1. The van der Waals surface area contributed by atoms with Crippen LogP contribution >= 0.6 is 0 Å². The highest BCUT2D eigenvalue weighted by Gasteiger charge is 2.07. The fourth-order valence-corrected chi connectivity index (χ4v) is 1.71. The zero-order valence-electron chi connectivity index (χ0n) is 7.99. The molecule has 1 atom stereocenters. The topological polar surface area (TPSA) is 30.4 Å². The fraction of sp³-hybridized carbons (Fsp3) is 0.273. The summed E-state index contributed by atoms with van der Waals surface area (Å²) in [6.45, 7) is 4.12. The van der Waals surface area contributed by atoms with Crippen LogP contribution in [0.3, 0.4) is 0 Å². The highest BCUT2D eigenvalue weighted by atomic mass is 14.9. The van der Waals surface area contributed by atoms with Gasteiger partial charge < -0.3 is 10.1 Å². The van der Waals surface area contributed by atoms with Crippen molar-refractivity contribution < 1.29 is 0 Å². The van der Waals surface area contributed by atoms with Crippen LogP contribution in [-0.2, 0) is 0 Å². The van der Waals surface area contributed by atoms with Crippen molar-refractivity contribution in [1.82, 2.24) is 4.40 Å². The number of aryl methyl sites for hydroxylation is 1. The van der Waals surface area contributed by atoms with Crippen molar-refractivity contribution in [2.24, 2.45) is 5.73 Å². The molecule has 2 nitrogen and oxygen atoms in total. The lowest BCUT2D eigenvalue weighted by molar-refractivity contribution is 0.770. The van der Waals surface area contributed by atoms with Gasteiger partial charge in [0.2, 0.25) is 0 Å². The summed E-state index contributed by atoms with van der Waals surface area (Å²) in [7, 11) is 0. The van der Waals surface area contributed by atoms with E-state index in [1.807, 2.05) is 19.1 Å². The van der Waals surface area contributed by atoms with Gasteiger partial charge in [-0.15, -0.1) is 0 Å². The number of hydrogen-bond acceptors (Lipinski definition) is 1. The molecule has 0 aliphatic carbocycles. The second kappa shape index (κ2) is 2.89. The molecule has 2 aromatic rings. The van der Waals surface area contributed by atoms with Gasteiger partial charge in [0.25, 0.3) is 0 Å². The summed E-state index contributed by atoms with van der Waals surface area (Å²) in [6.07, 6.45) is 2.06. The molecule has 13 heavy (non-hydrogen) atoms. The molecule has 2 heteroatoms. The van der Waals surface area contributed by atoms with Crippen LogP contribution in [0.4, 0.5) is 0 Å². The molecule has 2 rings (SSSR count). The van der Waals surface area contributed by atoms with E-state index in [1.54, 1.807) is 0 Å². The van der Waals surface area contributed by atoms with Crippen molar-refractivity contribution in [1.29, 1.82) is 0 Å². The Balaban J connectivity index is 2.78. The van der Waals surface area contributed by atoms with Crippen molar-refractivity contribution >= 4 is 5.52 Å². The van der Waals surface area contributed by atoms with E-state index in [2.05, 4.69) is 29.7 Å². The van der Waals surface area contributed by atoms with E-state index in [4.69, 9.17) is 5.73 Å². The minimum Gasteiger partial charge on any atom is -0.323 e. The predicted molar refractivity (Wildman–Crippen MR) is 54.7 cm³/mol. The van der Waals surface area contributed by atoms with Crippen molar-refractivity contribution in [2.45, 2.75) is 19.9 Å². The number of aromatic nitrogens is 1. The van der Waals surface area contributed by atoms with Crippen molar-refractivity contribution in [3.8, 4) is 0 Å². The van der Waals surface area contributed by atoms with Crippen LogP contribution in [0.2, 0.25) is 0 Å². The summed E-state index contributed by atoms with van der Waals surface area (Å²) in [6, 6.07) is 8.43. The van der Waals surface area contributed by atoms with Gasteiger partial charge in [0.05, 0.1) is 0 Å². The summed E-state index contributed by atoms with van der Waals surface area (Å²) >= 11 is 0. The summed E-state index contributed by atoms with van der Waals surface area (Å²) in [5, 5.41) is 0. The first-order chi connectivity index (χ1) is 6.20. The highest BCUT2D eigenvalue weighted by Crippen LogP contribution is 2.19. The minimum atomic E-state index is 0.0867. The van der Waals surface area contributed by atoms with Crippen LogP contribution in [0.5, 0.6) is 0 Å². The first kappa shape index (κ1) is 8.32. The van der Waals surface area contributed by atoms with E-state index >= 15 is 0 Å². The molecule has 0 amide bonds. The minimum absolute atomic E-state index is 0.0867. The Morgan fingerprint density at radius 3 is 2.85 bits per heavy atom. The maximum absolute atomic E-state index is 5.87. The van der Waals surface area contributed by atoms with Crippen molar-refractivity contribution in [3.05, 3.63) is 41.7 Å². The van der Waals surface area contributed by atoms with Gasteiger partial charge in [-0.2, -0.15) is 0 Å². The molecule has 0 bridgehead atoms. The van der Waals surface area contributed by atoms with E-state index < -0.39 is 0 Å². The predicted octanol–water partition coefficient (Wildman–Crippen LogP) is 2.27. The largest absolute Gasteiger partial charge is 0.323 e. The van der Waals surface area contributed by atoms with E-state index in [9.17, 15) is 0 Å². The molecule has 0 aliphatic rings. The van der Waals surface area contributed by atoms with Crippen LogP contribution in [0.15, 0.2) is 30.5 Å². The Labute approximate surface area is 78.0 Å².